The summed E-state index contributed by atoms with van der Waals surface area (Å²) in [6, 6.07) is 5.43. The van der Waals surface area contributed by atoms with Crippen LogP contribution in [0.5, 0.6) is 0 Å². The van der Waals surface area contributed by atoms with Gasteiger partial charge >= 0.3 is 0 Å². The fraction of sp³-hybridized carbons (Fsp3) is 0.214. The molecule has 2 rings (SSSR count). The summed E-state index contributed by atoms with van der Waals surface area (Å²) < 4.78 is 0. The number of nitrogens with zero attached hydrogens (tertiary/aromatic N) is 2. The van der Waals surface area contributed by atoms with Crippen molar-refractivity contribution < 1.29 is 4.79 Å². The maximum absolute atomic E-state index is 12.0. The van der Waals surface area contributed by atoms with Crippen molar-refractivity contribution in [3.8, 4) is 0 Å². The van der Waals surface area contributed by atoms with Crippen molar-refractivity contribution in [3.63, 3.8) is 0 Å². The summed E-state index contributed by atoms with van der Waals surface area (Å²) in [6.45, 7) is 4.64. The largest absolute Gasteiger partial charge is 0.369 e. The van der Waals surface area contributed by atoms with Gasteiger partial charge in [0.1, 0.15) is 11.5 Å². The zero-order valence-corrected chi connectivity index (χ0v) is 12.0. The van der Waals surface area contributed by atoms with Gasteiger partial charge in [0.25, 0.3) is 5.91 Å². The number of rotatable bonds is 4. The van der Waals surface area contributed by atoms with Crippen LogP contribution < -0.4 is 10.6 Å². The highest BCUT2D eigenvalue weighted by Gasteiger charge is 2.10. The third kappa shape index (κ3) is 3.45. The summed E-state index contributed by atoms with van der Waals surface area (Å²) in [5, 5.41) is 6.22. The van der Waals surface area contributed by atoms with Crippen molar-refractivity contribution in [3.05, 3.63) is 46.9 Å². The highest BCUT2D eigenvalue weighted by molar-refractivity contribution is 6.34. The van der Waals surface area contributed by atoms with Crippen LogP contribution in [0.2, 0.25) is 5.02 Å². The molecule has 1 heterocycles. The average Bonchev–Trinajstić information content (AvgIpc) is 2.43. The summed E-state index contributed by atoms with van der Waals surface area (Å²) in [6.07, 6.45) is 2.95. The van der Waals surface area contributed by atoms with Crippen LogP contribution >= 0.6 is 11.6 Å². The predicted molar refractivity (Wildman–Crippen MR) is 80.3 cm³/mol. The van der Waals surface area contributed by atoms with E-state index in [9.17, 15) is 4.79 Å². The molecule has 2 N–H and O–H groups in total. The number of hydrogen-bond acceptors (Lipinski definition) is 4. The summed E-state index contributed by atoms with van der Waals surface area (Å²) >= 11 is 6.07. The van der Waals surface area contributed by atoms with Crippen LogP contribution in [-0.2, 0) is 0 Å². The van der Waals surface area contributed by atoms with Gasteiger partial charge in [0.05, 0.1) is 23.1 Å². The number of nitrogens with one attached hydrogen (secondary N) is 2. The van der Waals surface area contributed by atoms with Crippen molar-refractivity contribution in [2.24, 2.45) is 0 Å². The molecule has 0 fully saturated rings. The van der Waals surface area contributed by atoms with Crippen molar-refractivity contribution >= 4 is 29.0 Å². The number of carbonyl (C=O) groups excluding carboxylic acids is 1. The van der Waals surface area contributed by atoms with Crippen molar-refractivity contribution in [2.45, 2.75) is 13.8 Å². The van der Waals surface area contributed by atoms with Crippen LogP contribution in [0.25, 0.3) is 0 Å². The summed E-state index contributed by atoms with van der Waals surface area (Å²) in [4.78, 5) is 20.2. The van der Waals surface area contributed by atoms with Gasteiger partial charge in [-0.25, -0.2) is 9.97 Å². The van der Waals surface area contributed by atoms with Gasteiger partial charge in [0.15, 0.2) is 0 Å². The molecular weight excluding hydrogens is 276 g/mol. The SMILES string of the molecule is CCNc1cnc(C(=O)Nc2ccc(C)cc2Cl)cn1. The third-order valence-electron chi connectivity index (χ3n) is 2.62. The van der Waals surface area contributed by atoms with E-state index in [1.165, 1.54) is 12.4 Å². The molecule has 0 spiro atoms. The summed E-state index contributed by atoms with van der Waals surface area (Å²) in [5.74, 6) is 0.295. The third-order valence-corrected chi connectivity index (χ3v) is 2.93. The van der Waals surface area contributed by atoms with E-state index in [-0.39, 0.29) is 11.6 Å². The Kier molecular flexibility index (Phi) is 4.53. The molecule has 1 aromatic heterocycles. The van der Waals surface area contributed by atoms with Gasteiger partial charge in [-0.05, 0) is 31.5 Å². The van der Waals surface area contributed by atoms with Gasteiger partial charge in [0.2, 0.25) is 0 Å². The average molecular weight is 291 g/mol. The van der Waals surface area contributed by atoms with Gasteiger partial charge in [0, 0.05) is 6.54 Å². The molecule has 20 heavy (non-hydrogen) atoms. The number of aromatic nitrogens is 2. The van der Waals surface area contributed by atoms with Gasteiger partial charge in [-0.3, -0.25) is 4.79 Å². The van der Waals surface area contributed by atoms with Crippen LogP contribution in [0.1, 0.15) is 23.0 Å². The standard InChI is InChI=1S/C14H15ClN4O/c1-3-16-13-8-17-12(7-18-13)14(20)19-11-5-4-9(2)6-10(11)15/h4-8H,3H2,1-2H3,(H,16,18)(H,19,20). The van der Waals surface area contributed by atoms with E-state index in [0.717, 1.165) is 12.1 Å². The molecule has 2 aromatic rings. The lowest BCUT2D eigenvalue weighted by atomic mass is 10.2. The predicted octanol–water partition coefficient (Wildman–Crippen LogP) is 3.12. The molecule has 5 nitrogen and oxygen atoms in total. The quantitative estimate of drug-likeness (QED) is 0.908. The van der Waals surface area contributed by atoms with E-state index in [4.69, 9.17) is 11.6 Å². The molecule has 104 valence electrons. The molecular formula is C14H15ClN4O. The number of hydrogen-bond donors (Lipinski definition) is 2. The van der Waals surface area contributed by atoms with Crippen LogP contribution in [0.15, 0.2) is 30.6 Å². The lowest BCUT2D eigenvalue weighted by Crippen LogP contribution is -2.14. The zero-order chi connectivity index (χ0) is 14.5. The molecule has 0 radical (unpaired) electrons. The molecule has 0 aliphatic rings. The fourth-order valence-electron chi connectivity index (χ4n) is 1.63. The maximum Gasteiger partial charge on any atom is 0.275 e. The first-order valence-corrected chi connectivity index (χ1v) is 6.61. The first-order valence-electron chi connectivity index (χ1n) is 6.23. The van der Waals surface area contributed by atoms with Crippen molar-refractivity contribution in [1.82, 2.24) is 9.97 Å². The minimum absolute atomic E-state index is 0.239. The monoisotopic (exact) mass is 290 g/mol. The Labute approximate surface area is 122 Å². The minimum Gasteiger partial charge on any atom is -0.369 e. The van der Waals surface area contributed by atoms with E-state index in [2.05, 4.69) is 20.6 Å². The smallest absolute Gasteiger partial charge is 0.275 e. The normalized spacial score (nSPS) is 10.2. The lowest BCUT2D eigenvalue weighted by molar-refractivity contribution is 0.102. The molecule has 0 saturated heterocycles. The van der Waals surface area contributed by atoms with Gasteiger partial charge in [-0.1, -0.05) is 17.7 Å². The van der Waals surface area contributed by atoms with E-state index in [1.807, 2.05) is 19.9 Å². The Morgan fingerprint density at radius 1 is 1.30 bits per heavy atom. The Bertz CT molecular complexity index is 613. The van der Waals surface area contributed by atoms with Gasteiger partial charge in [-0.15, -0.1) is 0 Å². The van der Waals surface area contributed by atoms with Crippen LogP contribution in [-0.4, -0.2) is 22.4 Å². The Hall–Kier alpha value is -2.14. The molecule has 0 aliphatic carbocycles. The Morgan fingerprint density at radius 3 is 2.70 bits per heavy atom. The van der Waals surface area contributed by atoms with Crippen LogP contribution in [0.3, 0.4) is 0 Å². The highest BCUT2D eigenvalue weighted by atomic mass is 35.5. The molecule has 0 unspecified atom stereocenters. The van der Waals surface area contributed by atoms with Crippen molar-refractivity contribution in [2.75, 3.05) is 17.2 Å². The van der Waals surface area contributed by atoms with Crippen molar-refractivity contribution in [1.29, 1.82) is 0 Å². The molecule has 1 amide bonds. The zero-order valence-electron chi connectivity index (χ0n) is 11.3. The fourth-order valence-corrected chi connectivity index (χ4v) is 1.91. The Morgan fingerprint density at radius 2 is 2.10 bits per heavy atom. The van der Waals surface area contributed by atoms with Crippen LogP contribution in [0.4, 0.5) is 11.5 Å². The number of anilines is 2. The van der Waals surface area contributed by atoms with Gasteiger partial charge < -0.3 is 10.6 Å². The summed E-state index contributed by atoms with van der Waals surface area (Å²) in [5.41, 5.74) is 1.82. The van der Waals surface area contributed by atoms with E-state index in [0.29, 0.717) is 16.5 Å². The molecule has 0 aliphatic heterocycles. The molecule has 0 bridgehead atoms. The van der Waals surface area contributed by atoms with E-state index < -0.39 is 0 Å². The lowest BCUT2D eigenvalue weighted by Gasteiger charge is -2.08. The Balaban J connectivity index is 2.11. The second-order valence-corrected chi connectivity index (χ2v) is 4.66. The molecule has 0 atom stereocenters. The number of aryl methyl sites for hydroxylation is 1. The molecule has 0 saturated carbocycles. The number of benzene rings is 1. The van der Waals surface area contributed by atoms with Crippen LogP contribution in [0, 0.1) is 6.92 Å². The van der Waals surface area contributed by atoms with E-state index >= 15 is 0 Å². The van der Waals surface area contributed by atoms with E-state index in [1.54, 1.807) is 12.1 Å². The second-order valence-electron chi connectivity index (χ2n) is 4.25. The second kappa shape index (κ2) is 6.34. The first-order chi connectivity index (χ1) is 9.60. The van der Waals surface area contributed by atoms with Gasteiger partial charge in [-0.2, -0.15) is 0 Å². The maximum atomic E-state index is 12.0. The highest BCUT2D eigenvalue weighted by Crippen LogP contribution is 2.23. The summed E-state index contributed by atoms with van der Waals surface area (Å²) in [7, 11) is 0. The topological polar surface area (TPSA) is 66.9 Å². The minimum atomic E-state index is -0.341. The molecule has 6 heteroatoms. The number of halogens is 1. The number of amides is 1. The number of carbonyl (C=O) groups is 1. The first kappa shape index (κ1) is 14.3. The molecule has 1 aromatic carbocycles.